The second-order valence-electron chi connectivity index (χ2n) is 5.13. The van der Waals surface area contributed by atoms with Gasteiger partial charge in [0.15, 0.2) is 0 Å². The molecular formula is C17H16O2S. The summed E-state index contributed by atoms with van der Waals surface area (Å²) in [6.07, 6.45) is 2.93. The van der Waals surface area contributed by atoms with Gasteiger partial charge in [-0.05, 0) is 60.7 Å². The van der Waals surface area contributed by atoms with Gasteiger partial charge in [-0.2, -0.15) is 0 Å². The van der Waals surface area contributed by atoms with Crippen molar-refractivity contribution in [1.82, 2.24) is 0 Å². The van der Waals surface area contributed by atoms with Crippen LogP contribution in [0.15, 0.2) is 41.3 Å². The summed E-state index contributed by atoms with van der Waals surface area (Å²) < 4.78 is 6.09. The highest BCUT2D eigenvalue weighted by molar-refractivity contribution is 7.80. The lowest BCUT2D eigenvalue weighted by Gasteiger charge is -2.16. The van der Waals surface area contributed by atoms with Gasteiger partial charge in [0.1, 0.15) is 18.1 Å². The van der Waals surface area contributed by atoms with Crippen LogP contribution in [0.5, 0.6) is 5.75 Å². The first-order valence-electron chi connectivity index (χ1n) is 6.72. The van der Waals surface area contributed by atoms with Crippen LogP contribution >= 0.6 is 12.6 Å². The highest BCUT2D eigenvalue weighted by Gasteiger charge is 2.25. The zero-order valence-electron chi connectivity index (χ0n) is 11.3. The lowest BCUT2D eigenvalue weighted by molar-refractivity contribution is 0.112. The van der Waals surface area contributed by atoms with Gasteiger partial charge in [-0.15, -0.1) is 12.6 Å². The van der Waals surface area contributed by atoms with Crippen LogP contribution in [0.3, 0.4) is 0 Å². The zero-order chi connectivity index (χ0) is 14.1. The van der Waals surface area contributed by atoms with Gasteiger partial charge in [0.2, 0.25) is 0 Å². The van der Waals surface area contributed by atoms with Crippen LogP contribution in [-0.4, -0.2) is 6.29 Å². The molecule has 102 valence electrons. The number of benzene rings is 2. The molecule has 0 fully saturated rings. The number of carbonyl (C=O) groups is 1. The number of aldehydes is 1. The molecule has 2 nitrogen and oxygen atoms in total. The molecule has 0 aliphatic heterocycles. The number of hydrogen-bond acceptors (Lipinski definition) is 3. The SMILES string of the molecule is Cc1cc(OC2CCc3c(S)cccc32)ccc1C=O. The number of fused-ring (bicyclic) bond motifs is 1. The third-order valence-corrected chi connectivity index (χ3v) is 4.26. The Kier molecular flexibility index (Phi) is 3.53. The Hall–Kier alpha value is -1.74. The summed E-state index contributed by atoms with van der Waals surface area (Å²) in [5, 5.41) is 0. The van der Waals surface area contributed by atoms with Gasteiger partial charge in [0.25, 0.3) is 0 Å². The van der Waals surface area contributed by atoms with Crippen molar-refractivity contribution in [2.45, 2.75) is 30.8 Å². The van der Waals surface area contributed by atoms with Crippen LogP contribution in [0.25, 0.3) is 0 Å². The van der Waals surface area contributed by atoms with Gasteiger partial charge in [-0.1, -0.05) is 12.1 Å². The van der Waals surface area contributed by atoms with Crippen LogP contribution < -0.4 is 4.74 Å². The first kappa shape index (κ1) is 13.3. The first-order valence-corrected chi connectivity index (χ1v) is 7.17. The number of hydrogen-bond donors (Lipinski definition) is 1. The predicted octanol–water partition coefficient (Wildman–Crippen LogP) is 4.16. The fraction of sp³-hybridized carbons (Fsp3) is 0.235. The predicted molar refractivity (Wildman–Crippen MR) is 82.0 cm³/mol. The Labute approximate surface area is 124 Å². The normalized spacial score (nSPS) is 16.8. The fourth-order valence-electron chi connectivity index (χ4n) is 2.74. The summed E-state index contributed by atoms with van der Waals surface area (Å²) in [4.78, 5) is 11.9. The van der Waals surface area contributed by atoms with E-state index < -0.39 is 0 Å². The van der Waals surface area contributed by atoms with Gasteiger partial charge in [0, 0.05) is 10.5 Å². The summed E-state index contributed by atoms with van der Waals surface area (Å²) in [5.41, 5.74) is 4.18. The standard InChI is InChI=1S/C17H16O2S/c1-11-9-13(6-5-12(11)10-18)19-16-8-7-15-14(16)3-2-4-17(15)20/h2-6,9-10,16,20H,7-8H2,1H3. The summed E-state index contributed by atoms with van der Waals surface area (Å²) in [6.45, 7) is 1.92. The number of thiol groups is 1. The molecule has 0 bridgehead atoms. The smallest absolute Gasteiger partial charge is 0.150 e. The largest absolute Gasteiger partial charge is 0.486 e. The lowest BCUT2D eigenvalue weighted by atomic mass is 10.1. The maximum absolute atomic E-state index is 10.8. The van der Waals surface area contributed by atoms with Crippen molar-refractivity contribution in [3.05, 3.63) is 58.7 Å². The molecule has 0 radical (unpaired) electrons. The number of aryl methyl sites for hydroxylation is 1. The van der Waals surface area contributed by atoms with E-state index in [1.165, 1.54) is 11.1 Å². The van der Waals surface area contributed by atoms with E-state index in [1.54, 1.807) is 0 Å². The molecule has 0 heterocycles. The monoisotopic (exact) mass is 284 g/mol. The molecule has 0 amide bonds. The summed E-state index contributed by atoms with van der Waals surface area (Å²) >= 11 is 4.50. The van der Waals surface area contributed by atoms with Crippen molar-refractivity contribution in [1.29, 1.82) is 0 Å². The first-order chi connectivity index (χ1) is 9.69. The fourth-order valence-corrected chi connectivity index (χ4v) is 3.06. The quantitative estimate of drug-likeness (QED) is 0.676. The Balaban J connectivity index is 1.86. The molecule has 3 heteroatoms. The summed E-state index contributed by atoms with van der Waals surface area (Å²) in [7, 11) is 0. The van der Waals surface area contributed by atoms with Crippen molar-refractivity contribution in [3.8, 4) is 5.75 Å². The van der Waals surface area contributed by atoms with Crippen LogP contribution in [0.2, 0.25) is 0 Å². The molecule has 1 atom stereocenters. The van der Waals surface area contributed by atoms with Crippen molar-refractivity contribution in [2.75, 3.05) is 0 Å². The van der Waals surface area contributed by atoms with Crippen LogP contribution in [0.4, 0.5) is 0 Å². The average Bonchev–Trinajstić information content (AvgIpc) is 2.84. The molecule has 1 unspecified atom stereocenters. The average molecular weight is 284 g/mol. The second kappa shape index (κ2) is 5.33. The maximum Gasteiger partial charge on any atom is 0.150 e. The van der Waals surface area contributed by atoms with E-state index in [2.05, 4.69) is 18.7 Å². The van der Waals surface area contributed by atoms with Gasteiger partial charge in [0.05, 0.1) is 0 Å². The lowest BCUT2D eigenvalue weighted by Crippen LogP contribution is -2.04. The molecule has 2 aromatic carbocycles. The molecule has 1 aliphatic carbocycles. The highest BCUT2D eigenvalue weighted by Crippen LogP contribution is 2.37. The Bertz CT molecular complexity index is 664. The van der Waals surface area contributed by atoms with E-state index in [9.17, 15) is 4.79 Å². The van der Waals surface area contributed by atoms with E-state index in [1.807, 2.05) is 37.3 Å². The Morgan fingerprint density at radius 1 is 1.30 bits per heavy atom. The molecule has 1 aliphatic rings. The van der Waals surface area contributed by atoms with E-state index in [4.69, 9.17) is 4.74 Å². The summed E-state index contributed by atoms with van der Waals surface area (Å²) in [5.74, 6) is 0.815. The topological polar surface area (TPSA) is 26.3 Å². The van der Waals surface area contributed by atoms with Crippen molar-refractivity contribution < 1.29 is 9.53 Å². The minimum absolute atomic E-state index is 0.0820. The molecule has 20 heavy (non-hydrogen) atoms. The highest BCUT2D eigenvalue weighted by atomic mass is 32.1. The molecule has 0 aromatic heterocycles. The van der Waals surface area contributed by atoms with Crippen molar-refractivity contribution >= 4 is 18.9 Å². The minimum Gasteiger partial charge on any atom is -0.486 e. The number of carbonyl (C=O) groups excluding carboxylic acids is 1. The molecular weight excluding hydrogens is 268 g/mol. The van der Waals surface area contributed by atoms with Crippen molar-refractivity contribution in [2.24, 2.45) is 0 Å². The molecule has 0 saturated heterocycles. The zero-order valence-corrected chi connectivity index (χ0v) is 12.2. The second-order valence-corrected chi connectivity index (χ2v) is 5.61. The summed E-state index contributed by atoms with van der Waals surface area (Å²) in [6, 6.07) is 11.7. The van der Waals surface area contributed by atoms with E-state index in [0.29, 0.717) is 5.56 Å². The van der Waals surface area contributed by atoms with Gasteiger partial charge in [-0.25, -0.2) is 0 Å². The molecule has 3 rings (SSSR count). The van der Waals surface area contributed by atoms with Crippen LogP contribution in [0, 0.1) is 6.92 Å². The van der Waals surface area contributed by atoms with Gasteiger partial charge in [-0.3, -0.25) is 4.79 Å². The van der Waals surface area contributed by atoms with E-state index in [-0.39, 0.29) is 6.10 Å². The third kappa shape index (κ3) is 2.34. The van der Waals surface area contributed by atoms with Gasteiger partial charge < -0.3 is 4.74 Å². The van der Waals surface area contributed by atoms with Crippen molar-refractivity contribution in [3.63, 3.8) is 0 Å². The maximum atomic E-state index is 10.8. The minimum atomic E-state index is 0.0820. The third-order valence-electron chi connectivity index (χ3n) is 3.84. The number of rotatable bonds is 3. The molecule has 2 aromatic rings. The molecule has 0 saturated carbocycles. The Morgan fingerprint density at radius 3 is 2.90 bits per heavy atom. The number of ether oxygens (including phenoxy) is 1. The van der Waals surface area contributed by atoms with E-state index in [0.717, 1.165) is 35.3 Å². The van der Waals surface area contributed by atoms with Gasteiger partial charge >= 0.3 is 0 Å². The van der Waals surface area contributed by atoms with E-state index >= 15 is 0 Å². The Morgan fingerprint density at radius 2 is 2.15 bits per heavy atom. The van der Waals surface area contributed by atoms with Crippen LogP contribution in [-0.2, 0) is 6.42 Å². The molecule has 0 N–H and O–H groups in total. The van der Waals surface area contributed by atoms with Crippen LogP contribution in [0.1, 0.15) is 39.6 Å². The molecule has 0 spiro atoms.